The minimum Gasteiger partial charge on any atom is -0.460 e. The Bertz CT molecular complexity index is 1550. The minimum atomic E-state index is -1.29. The normalized spacial score (nSPS) is 13.8. The number of fused-ring (bicyclic) bond motifs is 6. The summed E-state index contributed by atoms with van der Waals surface area (Å²) in [5, 5.41) is 2.82. The lowest BCUT2D eigenvalue weighted by molar-refractivity contribution is -0.138. The van der Waals surface area contributed by atoms with Crippen molar-refractivity contribution in [3.63, 3.8) is 0 Å². The zero-order valence-electron chi connectivity index (χ0n) is 26.1. The Morgan fingerprint density at radius 3 is 1.93 bits per heavy atom. The molecular formula is C35H40N4O5. The number of carbonyl (C=O) groups excluding carboxylic acids is 3. The van der Waals surface area contributed by atoms with Crippen LogP contribution in [0.3, 0.4) is 0 Å². The summed E-state index contributed by atoms with van der Waals surface area (Å²) in [5.41, 5.74) is 3.47. The van der Waals surface area contributed by atoms with Crippen molar-refractivity contribution in [2.75, 3.05) is 49.1 Å². The molecule has 0 atom stereocenters. The van der Waals surface area contributed by atoms with Gasteiger partial charge in [0.15, 0.2) is 0 Å². The van der Waals surface area contributed by atoms with Crippen LogP contribution in [0.1, 0.15) is 61.7 Å². The molecule has 2 aliphatic rings. The van der Waals surface area contributed by atoms with Crippen molar-refractivity contribution < 1.29 is 23.9 Å². The number of carbonyl (C=O) groups is 3. The quantitative estimate of drug-likeness (QED) is 0.173. The lowest BCUT2D eigenvalue weighted by atomic mass is 9.74. The van der Waals surface area contributed by atoms with E-state index in [1.54, 1.807) is 19.1 Å². The van der Waals surface area contributed by atoms with Crippen molar-refractivity contribution >= 4 is 29.3 Å². The van der Waals surface area contributed by atoms with Crippen LogP contribution in [-0.4, -0.2) is 62.1 Å². The highest BCUT2D eigenvalue weighted by Crippen LogP contribution is 2.58. The van der Waals surface area contributed by atoms with Crippen LogP contribution in [0.2, 0.25) is 0 Å². The van der Waals surface area contributed by atoms with E-state index in [9.17, 15) is 14.4 Å². The first kappa shape index (κ1) is 30.7. The smallest absolute Gasteiger partial charge is 0.333 e. The first-order valence-corrected chi connectivity index (χ1v) is 15.2. The molecule has 0 aromatic heterocycles. The van der Waals surface area contributed by atoms with Crippen LogP contribution in [0, 0.1) is 0 Å². The molecule has 9 nitrogen and oxygen atoms in total. The molecule has 1 N–H and O–H groups in total. The van der Waals surface area contributed by atoms with Gasteiger partial charge in [0.2, 0.25) is 0 Å². The van der Waals surface area contributed by atoms with Gasteiger partial charge in [0.1, 0.15) is 23.6 Å². The van der Waals surface area contributed by atoms with Crippen LogP contribution in [0.5, 0.6) is 11.5 Å². The van der Waals surface area contributed by atoms with Gasteiger partial charge in [-0.05, 0) is 52.8 Å². The van der Waals surface area contributed by atoms with E-state index in [0.29, 0.717) is 33.8 Å². The molecule has 5 rings (SSSR count). The van der Waals surface area contributed by atoms with Crippen molar-refractivity contribution in [3.05, 3.63) is 95.1 Å². The van der Waals surface area contributed by atoms with Crippen molar-refractivity contribution in [3.8, 4) is 11.5 Å². The molecule has 0 fully saturated rings. The fourth-order valence-corrected chi connectivity index (χ4v) is 6.28. The fraction of sp³-hybridized carbons (Fsp3) is 0.343. The second-order valence-electron chi connectivity index (χ2n) is 10.9. The van der Waals surface area contributed by atoms with Gasteiger partial charge < -0.3 is 24.6 Å². The molecular weight excluding hydrogens is 556 g/mol. The zero-order chi connectivity index (χ0) is 31.6. The number of nitrogens with one attached hydrogen (secondary N) is 1. The summed E-state index contributed by atoms with van der Waals surface area (Å²) >= 11 is 0. The Labute approximate surface area is 259 Å². The Balaban J connectivity index is 1.70. The number of esters is 1. The molecule has 2 aliphatic heterocycles. The highest BCUT2D eigenvalue weighted by Gasteiger charge is 2.58. The van der Waals surface area contributed by atoms with Crippen LogP contribution < -0.4 is 19.9 Å². The summed E-state index contributed by atoms with van der Waals surface area (Å²) in [5.74, 6) is 0.199. The monoisotopic (exact) mass is 596 g/mol. The van der Waals surface area contributed by atoms with Crippen molar-refractivity contribution in [2.24, 2.45) is 0 Å². The molecule has 0 aliphatic carbocycles. The molecule has 230 valence electrons. The van der Waals surface area contributed by atoms with Gasteiger partial charge >= 0.3 is 12.0 Å². The number of nitrogens with zero attached hydrogens (tertiary/aromatic N) is 3. The molecule has 44 heavy (non-hydrogen) atoms. The van der Waals surface area contributed by atoms with E-state index < -0.39 is 23.4 Å². The molecule has 1 spiro atoms. The third-order valence-electron chi connectivity index (χ3n) is 8.44. The number of urea groups is 1. The molecule has 3 amide bonds. The average molecular weight is 597 g/mol. The number of anilines is 2. The summed E-state index contributed by atoms with van der Waals surface area (Å²) in [7, 11) is 0. The lowest BCUT2D eigenvalue weighted by Gasteiger charge is -2.43. The Kier molecular flexibility index (Phi) is 8.67. The van der Waals surface area contributed by atoms with Gasteiger partial charge in [-0.25, -0.2) is 14.5 Å². The molecule has 0 bridgehead atoms. The van der Waals surface area contributed by atoms with Gasteiger partial charge in [0.25, 0.3) is 5.91 Å². The highest BCUT2D eigenvalue weighted by atomic mass is 16.5. The van der Waals surface area contributed by atoms with Gasteiger partial charge in [-0.1, -0.05) is 36.9 Å². The summed E-state index contributed by atoms with van der Waals surface area (Å²) in [4.78, 5) is 45.9. The third kappa shape index (κ3) is 4.96. The first-order valence-electron chi connectivity index (χ1n) is 15.2. The van der Waals surface area contributed by atoms with E-state index in [4.69, 9.17) is 9.47 Å². The summed E-state index contributed by atoms with van der Waals surface area (Å²) in [6.45, 7) is 16.8. The zero-order valence-corrected chi connectivity index (χ0v) is 26.1. The van der Waals surface area contributed by atoms with Crippen molar-refractivity contribution in [2.45, 2.75) is 40.2 Å². The molecule has 2 heterocycles. The number of rotatable bonds is 10. The van der Waals surface area contributed by atoms with Crippen LogP contribution >= 0.6 is 0 Å². The topological polar surface area (TPSA) is 91.4 Å². The molecule has 3 aromatic rings. The maximum atomic E-state index is 14.2. The van der Waals surface area contributed by atoms with E-state index in [-0.39, 0.29) is 18.7 Å². The Morgan fingerprint density at radius 2 is 1.41 bits per heavy atom. The largest absolute Gasteiger partial charge is 0.460 e. The predicted molar refractivity (Wildman–Crippen MR) is 172 cm³/mol. The highest BCUT2D eigenvalue weighted by molar-refractivity contribution is 6.11. The molecule has 0 saturated carbocycles. The standard InChI is InChI=1S/C35H40N4O5/c1-7-37(8-2)24-15-17-28-30(21-24)44-31-22-25(38(9-3)10-4)16-18-29(31)35(28)27-14-12-11-13-26(27)32(40)39(35)34(42)36-19-20-43-33(41)23(5)6/h11-18,21-22H,5,7-10,19-20H2,1-4,6H3,(H,36,42). The lowest BCUT2D eigenvalue weighted by Crippen LogP contribution is -2.54. The predicted octanol–water partition coefficient (Wildman–Crippen LogP) is 6.06. The second-order valence-corrected chi connectivity index (χ2v) is 10.9. The van der Waals surface area contributed by atoms with Gasteiger partial charge in [-0.3, -0.25) is 4.79 Å². The van der Waals surface area contributed by atoms with E-state index in [1.165, 1.54) is 4.90 Å². The Hall–Kier alpha value is -4.79. The number of amides is 3. The maximum Gasteiger partial charge on any atom is 0.333 e. The van der Waals surface area contributed by atoms with Crippen LogP contribution in [0.25, 0.3) is 0 Å². The van der Waals surface area contributed by atoms with Gasteiger partial charge in [0.05, 0.1) is 6.54 Å². The third-order valence-corrected chi connectivity index (χ3v) is 8.44. The number of benzene rings is 3. The average Bonchev–Trinajstić information content (AvgIpc) is 3.28. The second kappa shape index (κ2) is 12.4. The molecule has 0 radical (unpaired) electrons. The van der Waals surface area contributed by atoms with Gasteiger partial charge in [-0.2, -0.15) is 0 Å². The summed E-state index contributed by atoms with van der Waals surface area (Å²) in [6, 6.07) is 18.7. The minimum absolute atomic E-state index is 0.0199. The molecule has 9 heteroatoms. The van der Waals surface area contributed by atoms with Crippen molar-refractivity contribution in [1.82, 2.24) is 10.2 Å². The SMILES string of the molecule is C=C(C)C(=O)OCCNC(=O)N1C(=O)c2ccccc2C12c1ccc(N(CC)CC)cc1Oc1cc(N(CC)CC)ccc12. The van der Waals surface area contributed by atoms with E-state index in [2.05, 4.69) is 49.4 Å². The van der Waals surface area contributed by atoms with Crippen LogP contribution in [0.4, 0.5) is 16.2 Å². The number of ether oxygens (including phenoxy) is 2. The van der Waals surface area contributed by atoms with E-state index >= 15 is 0 Å². The van der Waals surface area contributed by atoms with Crippen molar-refractivity contribution in [1.29, 1.82) is 0 Å². The fourth-order valence-electron chi connectivity index (χ4n) is 6.28. The summed E-state index contributed by atoms with van der Waals surface area (Å²) < 4.78 is 11.8. The van der Waals surface area contributed by atoms with Crippen LogP contribution in [0.15, 0.2) is 72.8 Å². The molecule has 0 unspecified atom stereocenters. The van der Waals surface area contributed by atoms with Crippen LogP contribution in [-0.2, 0) is 15.1 Å². The van der Waals surface area contributed by atoms with E-state index in [0.717, 1.165) is 37.6 Å². The summed E-state index contributed by atoms with van der Waals surface area (Å²) in [6.07, 6.45) is 0. The van der Waals surface area contributed by atoms with Gasteiger partial charge in [-0.15, -0.1) is 0 Å². The molecule has 0 saturated heterocycles. The number of imide groups is 1. The van der Waals surface area contributed by atoms with E-state index in [1.807, 2.05) is 48.5 Å². The number of hydrogen-bond donors (Lipinski definition) is 1. The Morgan fingerprint density at radius 1 is 0.864 bits per heavy atom. The van der Waals surface area contributed by atoms with Gasteiger partial charge in [0, 0.05) is 77.5 Å². The number of hydrogen-bond acceptors (Lipinski definition) is 7. The molecule has 3 aromatic carbocycles. The maximum absolute atomic E-state index is 14.2. The first-order chi connectivity index (χ1) is 21.2.